The first-order valence-corrected chi connectivity index (χ1v) is 3.82. The molecule has 0 aromatic heterocycles. The number of rotatable bonds is 1. The molecule has 14 heavy (non-hydrogen) atoms. The molecule has 0 saturated heterocycles. The van der Waals surface area contributed by atoms with Crippen LogP contribution in [0.2, 0.25) is 0 Å². The van der Waals surface area contributed by atoms with E-state index in [4.69, 9.17) is 0 Å². The standard InChI is InChI=1S/C9H10N2O2.ClH/c1-10-8(12)9(13)11-7-5-3-2-4-6-7;/h2-6H,1H3,(H,10,12)(H,11,13);1H. The molecule has 0 radical (unpaired) electrons. The van der Waals surface area contributed by atoms with Gasteiger partial charge in [0.1, 0.15) is 0 Å². The number of carbonyl (C=O) groups excluding carboxylic acids is 2. The average Bonchev–Trinajstić information content (AvgIpc) is 2.18. The largest absolute Gasteiger partial charge is 0.351 e. The number of likely N-dealkylation sites (N-methyl/N-ethyl adjacent to an activating group) is 1. The quantitative estimate of drug-likeness (QED) is 0.680. The summed E-state index contributed by atoms with van der Waals surface area (Å²) in [5.41, 5.74) is 0.608. The van der Waals surface area contributed by atoms with Gasteiger partial charge < -0.3 is 10.6 Å². The molecule has 0 unspecified atom stereocenters. The summed E-state index contributed by atoms with van der Waals surface area (Å²) in [6.07, 6.45) is 0. The SMILES string of the molecule is CNC(=O)C(=O)Nc1ccccc1.Cl. The van der Waals surface area contributed by atoms with Crippen molar-refractivity contribution in [1.82, 2.24) is 5.32 Å². The Hall–Kier alpha value is -1.55. The Morgan fingerprint density at radius 3 is 2.14 bits per heavy atom. The van der Waals surface area contributed by atoms with Crippen LogP contribution in [0.4, 0.5) is 5.69 Å². The average molecular weight is 215 g/mol. The van der Waals surface area contributed by atoms with Crippen molar-refractivity contribution in [2.75, 3.05) is 12.4 Å². The van der Waals surface area contributed by atoms with E-state index < -0.39 is 11.8 Å². The lowest BCUT2D eigenvalue weighted by atomic mass is 10.3. The van der Waals surface area contributed by atoms with Crippen molar-refractivity contribution in [1.29, 1.82) is 0 Å². The molecule has 1 aromatic carbocycles. The van der Waals surface area contributed by atoms with Gasteiger partial charge in [0.25, 0.3) is 0 Å². The molecule has 0 heterocycles. The molecule has 0 saturated carbocycles. The van der Waals surface area contributed by atoms with E-state index in [1.54, 1.807) is 24.3 Å². The van der Waals surface area contributed by atoms with E-state index in [1.165, 1.54) is 7.05 Å². The zero-order chi connectivity index (χ0) is 9.68. The molecule has 1 rings (SSSR count). The second-order valence-corrected chi connectivity index (χ2v) is 2.40. The normalized spacial score (nSPS) is 8.36. The van der Waals surface area contributed by atoms with E-state index >= 15 is 0 Å². The summed E-state index contributed by atoms with van der Waals surface area (Å²) in [4.78, 5) is 21.8. The summed E-state index contributed by atoms with van der Waals surface area (Å²) in [5, 5.41) is 4.68. The minimum absolute atomic E-state index is 0. The Balaban J connectivity index is 0.00000169. The van der Waals surface area contributed by atoms with Crippen molar-refractivity contribution in [3.8, 4) is 0 Å². The van der Waals surface area contributed by atoms with E-state index in [1.807, 2.05) is 6.07 Å². The summed E-state index contributed by atoms with van der Waals surface area (Å²) in [5.74, 6) is -1.31. The third-order valence-corrected chi connectivity index (χ3v) is 1.46. The molecule has 0 aliphatic rings. The van der Waals surface area contributed by atoms with E-state index in [0.717, 1.165) is 0 Å². The Labute approximate surface area is 88.1 Å². The first kappa shape index (κ1) is 12.5. The Kier molecular flexibility index (Phi) is 5.33. The van der Waals surface area contributed by atoms with E-state index in [2.05, 4.69) is 10.6 Å². The molecule has 5 heteroatoms. The van der Waals surface area contributed by atoms with E-state index in [9.17, 15) is 9.59 Å². The maximum Gasteiger partial charge on any atom is 0.313 e. The van der Waals surface area contributed by atoms with Crippen LogP contribution < -0.4 is 10.6 Å². The highest BCUT2D eigenvalue weighted by molar-refractivity contribution is 6.39. The van der Waals surface area contributed by atoms with Gasteiger partial charge in [0, 0.05) is 12.7 Å². The van der Waals surface area contributed by atoms with Crippen LogP contribution in [0.15, 0.2) is 30.3 Å². The van der Waals surface area contributed by atoms with E-state index in [-0.39, 0.29) is 12.4 Å². The summed E-state index contributed by atoms with van der Waals surface area (Å²) in [6.45, 7) is 0. The Morgan fingerprint density at radius 2 is 1.64 bits per heavy atom. The maximum atomic E-state index is 11.0. The third kappa shape index (κ3) is 3.45. The number of benzene rings is 1. The number of nitrogens with one attached hydrogen (secondary N) is 2. The zero-order valence-electron chi connectivity index (χ0n) is 7.61. The van der Waals surface area contributed by atoms with Gasteiger partial charge in [-0.3, -0.25) is 9.59 Å². The molecule has 2 N–H and O–H groups in total. The molecule has 0 aliphatic heterocycles. The number of anilines is 1. The predicted molar refractivity (Wildman–Crippen MR) is 56.4 cm³/mol. The molecule has 76 valence electrons. The molecule has 0 aliphatic carbocycles. The van der Waals surface area contributed by atoms with Crippen LogP contribution in [0.25, 0.3) is 0 Å². The van der Waals surface area contributed by atoms with Crippen molar-refractivity contribution < 1.29 is 9.59 Å². The minimum atomic E-state index is -0.659. The predicted octanol–water partition coefficient (Wildman–Crippen LogP) is 0.793. The second-order valence-electron chi connectivity index (χ2n) is 2.40. The molecule has 2 amide bonds. The molecule has 0 atom stereocenters. The van der Waals surface area contributed by atoms with Crippen molar-refractivity contribution in [2.45, 2.75) is 0 Å². The number of amides is 2. The highest BCUT2D eigenvalue weighted by atomic mass is 35.5. The van der Waals surface area contributed by atoms with Crippen molar-refractivity contribution in [2.24, 2.45) is 0 Å². The molecular weight excluding hydrogens is 204 g/mol. The fraction of sp³-hybridized carbons (Fsp3) is 0.111. The van der Waals surface area contributed by atoms with Crippen LogP contribution in [-0.2, 0) is 9.59 Å². The van der Waals surface area contributed by atoms with Crippen LogP contribution in [0.3, 0.4) is 0 Å². The number of carbonyl (C=O) groups is 2. The Morgan fingerprint density at radius 1 is 1.07 bits per heavy atom. The van der Waals surface area contributed by atoms with Gasteiger partial charge in [0.05, 0.1) is 0 Å². The van der Waals surface area contributed by atoms with Gasteiger partial charge in [0.2, 0.25) is 0 Å². The lowest BCUT2D eigenvalue weighted by Crippen LogP contribution is -2.32. The van der Waals surface area contributed by atoms with Crippen LogP contribution in [0.5, 0.6) is 0 Å². The minimum Gasteiger partial charge on any atom is -0.351 e. The molecule has 0 spiro atoms. The van der Waals surface area contributed by atoms with Crippen LogP contribution in [0, 0.1) is 0 Å². The zero-order valence-corrected chi connectivity index (χ0v) is 8.43. The van der Waals surface area contributed by atoms with Crippen LogP contribution in [0.1, 0.15) is 0 Å². The number of hydrogen-bond donors (Lipinski definition) is 2. The number of para-hydroxylation sites is 1. The molecule has 4 nitrogen and oxygen atoms in total. The lowest BCUT2D eigenvalue weighted by molar-refractivity contribution is -0.135. The molecule has 0 bridgehead atoms. The molecule has 1 aromatic rings. The van der Waals surface area contributed by atoms with Gasteiger partial charge >= 0.3 is 11.8 Å². The van der Waals surface area contributed by atoms with Crippen LogP contribution in [-0.4, -0.2) is 18.9 Å². The van der Waals surface area contributed by atoms with Gasteiger partial charge in [-0.15, -0.1) is 12.4 Å². The smallest absolute Gasteiger partial charge is 0.313 e. The van der Waals surface area contributed by atoms with E-state index in [0.29, 0.717) is 5.69 Å². The summed E-state index contributed by atoms with van der Waals surface area (Å²) < 4.78 is 0. The van der Waals surface area contributed by atoms with Crippen molar-refractivity contribution >= 4 is 29.9 Å². The fourth-order valence-electron chi connectivity index (χ4n) is 0.823. The van der Waals surface area contributed by atoms with Gasteiger partial charge in [0.15, 0.2) is 0 Å². The Bertz CT molecular complexity index is 314. The van der Waals surface area contributed by atoms with Crippen molar-refractivity contribution in [3.05, 3.63) is 30.3 Å². The second kappa shape index (κ2) is 5.99. The summed E-state index contributed by atoms with van der Waals surface area (Å²) >= 11 is 0. The highest BCUT2D eigenvalue weighted by Crippen LogP contribution is 2.03. The lowest BCUT2D eigenvalue weighted by Gasteiger charge is -2.02. The van der Waals surface area contributed by atoms with Gasteiger partial charge in [-0.05, 0) is 12.1 Å². The summed E-state index contributed by atoms with van der Waals surface area (Å²) in [7, 11) is 1.41. The highest BCUT2D eigenvalue weighted by Gasteiger charge is 2.10. The fourth-order valence-corrected chi connectivity index (χ4v) is 0.823. The number of halogens is 1. The molecular formula is C9H11ClN2O2. The summed E-state index contributed by atoms with van der Waals surface area (Å²) in [6, 6.07) is 8.80. The first-order valence-electron chi connectivity index (χ1n) is 3.82. The van der Waals surface area contributed by atoms with Gasteiger partial charge in [-0.1, -0.05) is 18.2 Å². The van der Waals surface area contributed by atoms with Gasteiger partial charge in [-0.25, -0.2) is 0 Å². The molecule has 0 fully saturated rings. The first-order chi connectivity index (χ1) is 6.24. The number of hydrogen-bond acceptors (Lipinski definition) is 2. The van der Waals surface area contributed by atoms with Crippen molar-refractivity contribution in [3.63, 3.8) is 0 Å². The maximum absolute atomic E-state index is 11.0. The monoisotopic (exact) mass is 214 g/mol. The van der Waals surface area contributed by atoms with Gasteiger partial charge in [-0.2, -0.15) is 0 Å². The van der Waals surface area contributed by atoms with Crippen LogP contribution >= 0.6 is 12.4 Å². The topological polar surface area (TPSA) is 58.2 Å². The third-order valence-electron chi connectivity index (χ3n) is 1.46.